The Labute approximate surface area is 107 Å². The topological polar surface area (TPSA) is 104 Å². The highest BCUT2D eigenvalue weighted by Gasteiger charge is 2.26. The maximum Gasteiger partial charge on any atom is 0.244 e. The van der Waals surface area contributed by atoms with Crippen LogP contribution in [0.2, 0.25) is 0 Å². The number of ether oxygens (including phenoxy) is 1. The monoisotopic (exact) mass is 277 g/mol. The Kier molecular flexibility index (Phi) is 4.49. The number of aromatic nitrogens is 2. The van der Waals surface area contributed by atoms with Crippen molar-refractivity contribution in [2.75, 3.05) is 13.7 Å². The number of hydrogen-bond acceptors (Lipinski definition) is 5. The van der Waals surface area contributed by atoms with Gasteiger partial charge in [-0.3, -0.25) is 5.10 Å². The number of nitrogens with one attached hydrogen (secondary N) is 2. The zero-order chi connectivity index (χ0) is 14.0. The summed E-state index contributed by atoms with van der Waals surface area (Å²) in [7, 11) is -2.21. The molecule has 0 atom stereocenters. The molecule has 0 aliphatic carbocycles. The van der Waals surface area contributed by atoms with E-state index in [4.69, 9.17) is 9.84 Å². The van der Waals surface area contributed by atoms with Gasteiger partial charge in [-0.25, -0.2) is 13.1 Å². The zero-order valence-corrected chi connectivity index (χ0v) is 11.8. The van der Waals surface area contributed by atoms with E-state index >= 15 is 0 Å². The molecule has 0 aliphatic rings. The van der Waals surface area contributed by atoms with Crippen LogP contribution < -0.4 is 4.72 Å². The van der Waals surface area contributed by atoms with E-state index in [1.165, 1.54) is 7.11 Å². The van der Waals surface area contributed by atoms with Gasteiger partial charge in [0.05, 0.1) is 17.9 Å². The normalized spacial score (nSPS) is 12.9. The third-order valence-electron chi connectivity index (χ3n) is 2.62. The van der Waals surface area contributed by atoms with Crippen molar-refractivity contribution in [1.82, 2.24) is 14.9 Å². The molecule has 0 radical (unpaired) electrons. The Morgan fingerprint density at radius 1 is 1.50 bits per heavy atom. The van der Waals surface area contributed by atoms with E-state index in [9.17, 15) is 8.42 Å². The Morgan fingerprint density at radius 2 is 2.11 bits per heavy atom. The minimum absolute atomic E-state index is 0.00287. The summed E-state index contributed by atoms with van der Waals surface area (Å²) >= 11 is 0. The first-order valence-corrected chi connectivity index (χ1v) is 6.91. The van der Waals surface area contributed by atoms with Gasteiger partial charge in [-0.1, -0.05) is 0 Å². The molecule has 18 heavy (non-hydrogen) atoms. The quantitative estimate of drug-likeness (QED) is 0.674. The van der Waals surface area contributed by atoms with E-state index < -0.39 is 22.2 Å². The minimum atomic E-state index is -3.72. The van der Waals surface area contributed by atoms with Crippen molar-refractivity contribution in [2.24, 2.45) is 0 Å². The molecule has 7 nitrogen and oxygen atoms in total. The van der Waals surface area contributed by atoms with Crippen molar-refractivity contribution in [3.05, 3.63) is 11.4 Å². The van der Waals surface area contributed by atoms with Gasteiger partial charge >= 0.3 is 0 Å². The number of rotatable bonds is 6. The van der Waals surface area contributed by atoms with E-state index in [1.807, 2.05) is 0 Å². The number of methoxy groups -OCH3 is 1. The molecule has 0 aromatic carbocycles. The molecule has 1 aromatic heterocycles. The van der Waals surface area contributed by atoms with Crippen LogP contribution in [0.15, 0.2) is 4.90 Å². The fourth-order valence-corrected chi connectivity index (χ4v) is 2.90. The predicted octanol–water partition coefficient (Wildman–Crippen LogP) is -0.0863. The maximum absolute atomic E-state index is 12.1. The summed E-state index contributed by atoms with van der Waals surface area (Å²) in [5, 5.41) is 15.4. The van der Waals surface area contributed by atoms with Crippen LogP contribution in [0.5, 0.6) is 0 Å². The number of aliphatic hydroxyl groups is 1. The highest BCUT2D eigenvalue weighted by molar-refractivity contribution is 7.89. The number of H-pyrrole nitrogens is 1. The fourth-order valence-electron chi connectivity index (χ4n) is 1.35. The Balaban J connectivity index is 2.97. The standard InChI is InChI=1S/C10H19N3O4S/c1-7-9(8(5-14)13-12-7)18(15,16)11-6-10(2,3)17-4/h11,14H,5-6H2,1-4H3,(H,12,13). The van der Waals surface area contributed by atoms with Gasteiger partial charge in [0.1, 0.15) is 10.6 Å². The van der Waals surface area contributed by atoms with Crippen LogP contribution in [0, 0.1) is 6.92 Å². The lowest BCUT2D eigenvalue weighted by atomic mass is 10.1. The largest absolute Gasteiger partial charge is 0.390 e. The molecule has 0 spiro atoms. The number of sulfonamides is 1. The molecule has 8 heteroatoms. The maximum atomic E-state index is 12.1. The molecular formula is C10H19N3O4S. The smallest absolute Gasteiger partial charge is 0.244 e. The van der Waals surface area contributed by atoms with Crippen LogP contribution in [-0.4, -0.2) is 43.0 Å². The molecule has 0 fully saturated rings. The van der Waals surface area contributed by atoms with E-state index in [0.29, 0.717) is 5.69 Å². The molecule has 0 saturated heterocycles. The van der Waals surface area contributed by atoms with Gasteiger partial charge in [0, 0.05) is 13.7 Å². The first-order valence-electron chi connectivity index (χ1n) is 5.43. The Hall–Kier alpha value is -0.960. The number of hydrogen-bond donors (Lipinski definition) is 3. The van der Waals surface area contributed by atoms with Crippen molar-refractivity contribution >= 4 is 10.0 Å². The van der Waals surface area contributed by atoms with Crippen LogP contribution in [0.1, 0.15) is 25.2 Å². The molecular weight excluding hydrogens is 258 g/mol. The lowest BCUT2D eigenvalue weighted by Gasteiger charge is -2.23. The number of nitrogens with zero attached hydrogens (tertiary/aromatic N) is 1. The summed E-state index contributed by atoms with van der Waals surface area (Å²) in [6.45, 7) is 4.81. The van der Waals surface area contributed by atoms with E-state index in [0.717, 1.165) is 0 Å². The number of aromatic amines is 1. The molecule has 0 aliphatic heterocycles. The third-order valence-corrected chi connectivity index (χ3v) is 4.22. The average Bonchev–Trinajstić information content (AvgIpc) is 2.69. The zero-order valence-electron chi connectivity index (χ0n) is 10.9. The van der Waals surface area contributed by atoms with Gasteiger partial charge in [-0.2, -0.15) is 5.10 Å². The van der Waals surface area contributed by atoms with Crippen molar-refractivity contribution in [1.29, 1.82) is 0 Å². The van der Waals surface area contributed by atoms with E-state index in [-0.39, 0.29) is 17.1 Å². The second-order valence-corrected chi connectivity index (χ2v) is 6.27. The van der Waals surface area contributed by atoms with Crippen LogP contribution in [0.3, 0.4) is 0 Å². The van der Waals surface area contributed by atoms with Gasteiger partial charge in [-0.05, 0) is 20.8 Å². The van der Waals surface area contributed by atoms with Crippen LogP contribution >= 0.6 is 0 Å². The summed E-state index contributed by atoms with van der Waals surface area (Å²) in [5.41, 5.74) is -0.110. The second-order valence-electron chi connectivity index (χ2n) is 4.57. The summed E-state index contributed by atoms with van der Waals surface area (Å²) in [6, 6.07) is 0. The Morgan fingerprint density at radius 3 is 2.61 bits per heavy atom. The van der Waals surface area contributed by atoms with Gasteiger partial charge in [0.2, 0.25) is 10.0 Å². The van der Waals surface area contributed by atoms with Crippen molar-refractivity contribution < 1.29 is 18.3 Å². The summed E-state index contributed by atoms with van der Waals surface area (Å²) in [5.74, 6) is 0. The average molecular weight is 277 g/mol. The molecule has 104 valence electrons. The van der Waals surface area contributed by atoms with Crippen LogP contribution in [-0.2, 0) is 21.4 Å². The minimum Gasteiger partial charge on any atom is -0.390 e. The van der Waals surface area contributed by atoms with Crippen molar-refractivity contribution in [3.63, 3.8) is 0 Å². The third kappa shape index (κ3) is 3.29. The molecule has 3 N–H and O–H groups in total. The van der Waals surface area contributed by atoms with E-state index in [1.54, 1.807) is 20.8 Å². The van der Waals surface area contributed by atoms with Gasteiger partial charge in [-0.15, -0.1) is 0 Å². The molecule has 1 heterocycles. The molecule has 1 rings (SSSR count). The number of aliphatic hydroxyl groups excluding tert-OH is 1. The van der Waals surface area contributed by atoms with Crippen molar-refractivity contribution in [3.8, 4) is 0 Å². The number of aryl methyl sites for hydroxylation is 1. The Bertz CT molecular complexity index is 507. The lowest BCUT2D eigenvalue weighted by Crippen LogP contribution is -2.40. The van der Waals surface area contributed by atoms with Gasteiger partial charge < -0.3 is 9.84 Å². The summed E-state index contributed by atoms with van der Waals surface area (Å²) < 4.78 is 31.8. The van der Waals surface area contributed by atoms with E-state index in [2.05, 4.69) is 14.9 Å². The molecule has 0 amide bonds. The molecule has 0 saturated carbocycles. The molecule has 0 unspecified atom stereocenters. The first kappa shape index (κ1) is 15.1. The lowest BCUT2D eigenvalue weighted by molar-refractivity contribution is 0.0276. The summed E-state index contributed by atoms with van der Waals surface area (Å²) in [6.07, 6.45) is 0. The molecule has 1 aromatic rings. The van der Waals surface area contributed by atoms with Crippen LogP contribution in [0.4, 0.5) is 0 Å². The first-order chi connectivity index (χ1) is 8.23. The van der Waals surface area contributed by atoms with Gasteiger partial charge in [0.25, 0.3) is 0 Å². The summed E-state index contributed by atoms with van der Waals surface area (Å²) in [4.78, 5) is -0.00287. The molecule has 0 bridgehead atoms. The highest BCUT2D eigenvalue weighted by Crippen LogP contribution is 2.18. The predicted molar refractivity (Wildman–Crippen MR) is 65.5 cm³/mol. The second kappa shape index (κ2) is 5.35. The van der Waals surface area contributed by atoms with Crippen LogP contribution in [0.25, 0.3) is 0 Å². The SMILES string of the molecule is COC(C)(C)CNS(=O)(=O)c1c(CO)n[nH]c1C. The van der Waals surface area contributed by atoms with Crippen molar-refractivity contribution in [2.45, 2.75) is 37.9 Å². The fraction of sp³-hybridized carbons (Fsp3) is 0.700. The van der Waals surface area contributed by atoms with Gasteiger partial charge in [0.15, 0.2) is 0 Å². The highest BCUT2D eigenvalue weighted by atomic mass is 32.2.